The first-order valence-corrected chi connectivity index (χ1v) is 8.14. The quantitative estimate of drug-likeness (QED) is 0.939. The lowest BCUT2D eigenvalue weighted by Crippen LogP contribution is -2.05. The van der Waals surface area contributed by atoms with E-state index in [1.165, 1.54) is 18.6 Å². The van der Waals surface area contributed by atoms with Crippen molar-refractivity contribution < 1.29 is 8.42 Å². The third-order valence-electron chi connectivity index (χ3n) is 2.71. The molecule has 20 heavy (non-hydrogen) atoms. The summed E-state index contributed by atoms with van der Waals surface area (Å²) in [6.07, 6.45) is 4.22. The molecule has 0 radical (unpaired) electrons. The summed E-state index contributed by atoms with van der Waals surface area (Å²) in [4.78, 5) is 8.40. The standard InChI is InChI=1S/C13H14ClN3O2S/c1-9-5-10(3-4-12(9)20(2,18)19)6-15-13-16-7-11(14)8-17-13/h3-5,7-8H,6H2,1-2H3,(H,15,16,17). The summed E-state index contributed by atoms with van der Waals surface area (Å²) >= 11 is 5.70. The number of aromatic nitrogens is 2. The minimum atomic E-state index is -3.18. The van der Waals surface area contributed by atoms with E-state index in [0.717, 1.165) is 11.1 Å². The van der Waals surface area contributed by atoms with E-state index in [1.54, 1.807) is 19.1 Å². The van der Waals surface area contributed by atoms with Crippen molar-refractivity contribution in [2.75, 3.05) is 11.6 Å². The Morgan fingerprint density at radius 1 is 1.25 bits per heavy atom. The Bertz CT molecular complexity index is 715. The van der Waals surface area contributed by atoms with Crippen LogP contribution in [0, 0.1) is 6.92 Å². The number of rotatable bonds is 4. The van der Waals surface area contributed by atoms with E-state index >= 15 is 0 Å². The van der Waals surface area contributed by atoms with Gasteiger partial charge in [-0.25, -0.2) is 18.4 Å². The molecule has 2 aromatic rings. The first-order valence-electron chi connectivity index (χ1n) is 5.87. The molecule has 0 fully saturated rings. The second kappa shape index (κ2) is 5.76. The average molecular weight is 312 g/mol. The summed E-state index contributed by atoms with van der Waals surface area (Å²) in [5.41, 5.74) is 1.68. The lowest BCUT2D eigenvalue weighted by atomic mass is 10.1. The lowest BCUT2D eigenvalue weighted by Gasteiger charge is -2.08. The normalized spacial score (nSPS) is 11.3. The SMILES string of the molecule is Cc1cc(CNc2ncc(Cl)cn2)ccc1S(C)(=O)=O. The number of sulfone groups is 1. The van der Waals surface area contributed by atoms with Crippen LogP contribution >= 0.6 is 11.6 Å². The van der Waals surface area contributed by atoms with Crippen LogP contribution in [0.3, 0.4) is 0 Å². The lowest BCUT2D eigenvalue weighted by molar-refractivity contribution is 0.601. The molecule has 0 aliphatic carbocycles. The molecule has 106 valence electrons. The fourth-order valence-electron chi connectivity index (χ4n) is 1.82. The van der Waals surface area contributed by atoms with E-state index in [1.807, 2.05) is 6.07 Å². The monoisotopic (exact) mass is 311 g/mol. The molecular weight excluding hydrogens is 298 g/mol. The Kier molecular flexibility index (Phi) is 4.25. The van der Waals surface area contributed by atoms with Crippen LogP contribution in [0.25, 0.3) is 0 Å². The third-order valence-corrected chi connectivity index (χ3v) is 4.16. The highest BCUT2D eigenvalue weighted by Gasteiger charge is 2.10. The smallest absolute Gasteiger partial charge is 0.222 e. The summed E-state index contributed by atoms with van der Waals surface area (Å²) in [5, 5.41) is 3.52. The second-order valence-corrected chi connectivity index (χ2v) is 6.87. The Hall–Kier alpha value is -1.66. The molecule has 5 nitrogen and oxygen atoms in total. The van der Waals surface area contributed by atoms with Crippen LogP contribution < -0.4 is 5.32 Å². The molecule has 0 aliphatic rings. The predicted octanol–water partition coefficient (Wildman–Crippen LogP) is 2.45. The Morgan fingerprint density at radius 3 is 2.45 bits per heavy atom. The van der Waals surface area contributed by atoms with Gasteiger partial charge >= 0.3 is 0 Å². The van der Waals surface area contributed by atoms with Gasteiger partial charge in [0.1, 0.15) is 0 Å². The van der Waals surface area contributed by atoms with Gasteiger partial charge in [0.05, 0.1) is 22.3 Å². The van der Waals surface area contributed by atoms with E-state index in [2.05, 4.69) is 15.3 Å². The topological polar surface area (TPSA) is 72.0 Å². The fraction of sp³-hybridized carbons (Fsp3) is 0.231. The molecule has 0 aliphatic heterocycles. The molecule has 1 N–H and O–H groups in total. The maximum Gasteiger partial charge on any atom is 0.222 e. The van der Waals surface area contributed by atoms with Crippen molar-refractivity contribution in [2.24, 2.45) is 0 Å². The van der Waals surface area contributed by atoms with E-state index in [4.69, 9.17) is 11.6 Å². The molecule has 2 rings (SSSR count). The van der Waals surface area contributed by atoms with E-state index < -0.39 is 9.84 Å². The predicted molar refractivity (Wildman–Crippen MR) is 78.7 cm³/mol. The highest BCUT2D eigenvalue weighted by molar-refractivity contribution is 7.90. The van der Waals surface area contributed by atoms with Crippen molar-refractivity contribution in [1.29, 1.82) is 0 Å². The second-order valence-electron chi connectivity index (χ2n) is 4.45. The number of anilines is 1. The van der Waals surface area contributed by atoms with E-state index in [0.29, 0.717) is 22.4 Å². The number of halogens is 1. The van der Waals surface area contributed by atoms with Crippen molar-refractivity contribution in [3.05, 3.63) is 46.7 Å². The van der Waals surface area contributed by atoms with Crippen LogP contribution in [0.1, 0.15) is 11.1 Å². The van der Waals surface area contributed by atoms with Gasteiger partial charge in [-0.1, -0.05) is 23.7 Å². The summed E-state index contributed by atoms with van der Waals surface area (Å²) < 4.78 is 23.1. The molecule has 0 bridgehead atoms. The third kappa shape index (κ3) is 3.68. The summed E-state index contributed by atoms with van der Waals surface area (Å²) in [6, 6.07) is 5.22. The first-order chi connectivity index (χ1) is 9.36. The van der Waals surface area contributed by atoms with E-state index in [9.17, 15) is 8.42 Å². The number of hydrogen-bond donors (Lipinski definition) is 1. The van der Waals surface area contributed by atoms with Gasteiger partial charge in [0, 0.05) is 12.8 Å². The van der Waals surface area contributed by atoms with Gasteiger partial charge in [0.25, 0.3) is 0 Å². The van der Waals surface area contributed by atoms with Crippen molar-refractivity contribution in [3.8, 4) is 0 Å². The summed E-state index contributed by atoms with van der Waals surface area (Å²) in [7, 11) is -3.18. The highest BCUT2D eigenvalue weighted by Crippen LogP contribution is 2.17. The van der Waals surface area contributed by atoms with Crippen LogP contribution in [0.5, 0.6) is 0 Å². The first kappa shape index (κ1) is 14.7. The van der Waals surface area contributed by atoms with Crippen molar-refractivity contribution in [3.63, 3.8) is 0 Å². The van der Waals surface area contributed by atoms with Crippen LogP contribution in [-0.2, 0) is 16.4 Å². The molecule has 0 unspecified atom stereocenters. The Labute approximate surface area is 123 Å². The van der Waals surface area contributed by atoms with Crippen molar-refractivity contribution in [2.45, 2.75) is 18.4 Å². The highest BCUT2D eigenvalue weighted by atomic mass is 35.5. The molecule has 1 heterocycles. The molecule has 7 heteroatoms. The fourth-order valence-corrected chi connectivity index (χ4v) is 2.88. The van der Waals surface area contributed by atoms with Gasteiger partial charge in [0.15, 0.2) is 9.84 Å². The van der Waals surface area contributed by atoms with Crippen molar-refractivity contribution >= 4 is 27.4 Å². The molecule has 1 aromatic carbocycles. The molecule has 0 spiro atoms. The van der Waals surface area contributed by atoms with E-state index in [-0.39, 0.29) is 0 Å². The summed E-state index contributed by atoms with van der Waals surface area (Å²) in [5.74, 6) is 0.472. The number of hydrogen-bond acceptors (Lipinski definition) is 5. The van der Waals surface area contributed by atoms with Crippen molar-refractivity contribution in [1.82, 2.24) is 9.97 Å². The van der Waals surface area contributed by atoms with Gasteiger partial charge in [-0.15, -0.1) is 0 Å². The van der Waals surface area contributed by atoms with Crippen LogP contribution in [0.4, 0.5) is 5.95 Å². The van der Waals surface area contributed by atoms with Crippen LogP contribution in [0.2, 0.25) is 5.02 Å². The zero-order valence-corrected chi connectivity index (χ0v) is 12.7. The maximum absolute atomic E-state index is 11.5. The number of benzene rings is 1. The minimum Gasteiger partial charge on any atom is -0.350 e. The molecule has 1 aromatic heterocycles. The maximum atomic E-state index is 11.5. The van der Waals surface area contributed by atoms with Gasteiger partial charge < -0.3 is 5.32 Å². The zero-order valence-electron chi connectivity index (χ0n) is 11.1. The minimum absolute atomic E-state index is 0.351. The number of nitrogens with zero attached hydrogens (tertiary/aromatic N) is 2. The molecule has 0 saturated heterocycles. The largest absolute Gasteiger partial charge is 0.350 e. The molecule has 0 amide bonds. The Morgan fingerprint density at radius 2 is 1.90 bits per heavy atom. The van der Waals surface area contributed by atoms with Gasteiger partial charge in [-0.2, -0.15) is 0 Å². The summed E-state index contributed by atoms with van der Waals surface area (Å²) in [6.45, 7) is 2.28. The molecule has 0 saturated carbocycles. The average Bonchev–Trinajstić information content (AvgIpc) is 2.36. The number of nitrogens with one attached hydrogen (secondary N) is 1. The zero-order chi connectivity index (χ0) is 14.8. The van der Waals surface area contributed by atoms with Gasteiger partial charge in [0.2, 0.25) is 5.95 Å². The molecule has 0 atom stereocenters. The van der Waals surface area contributed by atoms with Crippen LogP contribution in [0.15, 0.2) is 35.5 Å². The Balaban J connectivity index is 2.11. The molecular formula is C13H14ClN3O2S. The van der Waals surface area contributed by atoms with Gasteiger partial charge in [-0.3, -0.25) is 0 Å². The van der Waals surface area contributed by atoms with Gasteiger partial charge in [-0.05, 0) is 24.1 Å². The number of aryl methyl sites for hydroxylation is 1. The van der Waals surface area contributed by atoms with Crippen LogP contribution in [-0.4, -0.2) is 24.6 Å².